The summed E-state index contributed by atoms with van der Waals surface area (Å²) in [5, 5.41) is 8.31. The minimum absolute atomic E-state index is 0.0974. The summed E-state index contributed by atoms with van der Waals surface area (Å²) >= 11 is 0. The Morgan fingerprint density at radius 3 is 2.71 bits per heavy atom. The van der Waals surface area contributed by atoms with E-state index in [0.717, 1.165) is 0 Å². The van der Waals surface area contributed by atoms with Gasteiger partial charge in [0.15, 0.2) is 6.29 Å². The van der Waals surface area contributed by atoms with Crippen LogP contribution in [0.15, 0.2) is 0 Å². The molecule has 84 valence electrons. The molecule has 0 spiro atoms. The second kappa shape index (κ2) is 8.89. The van der Waals surface area contributed by atoms with Crippen molar-refractivity contribution in [3.8, 4) is 0 Å². The number of hydrogen-bond donors (Lipinski definition) is 2. The largest absolute Gasteiger partial charge is 0.480 e. The smallest absolute Gasteiger partial charge is 0.329 e. The molecule has 0 saturated heterocycles. The summed E-state index contributed by atoms with van der Waals surface area (Å²) in [7, 11) is 0. The Bertz CT molecular complexity index is 153. The summed E-state index contributed by atoms with van der Waals surface area (Å²) in [5.41, 5.74) is 5.23. The fraction of sp³-hybridized carbons (Fsp3) is 0.875. The minimum atomic E-state index is -1.01. The molecular formula is C8H17NO5. The molecule has 0 aliphatic heterocycles. The van der Waals surface area contributed by atoms with Crippen molar-refractivity contribution in [3.63, 3.8) is 0 Å². The van der Waals surface area contributed by atoms with Crippen LogP contribution in [0.5, 0.6) is 0 Å². The Morgan fingerprint density at radius 1 is 1.50 bits per heavy atom. The molecule has 0 aromatic heterocycles. The van der Waals surface area contributed by atoms with E-state index in [1.54, 1.807) is 0 Å². The van der Waals surface area contributed by atoms with Gasteiger partial charge in [0.25, 0.3) is 0 Å². The Labute approximate surface area is 82.9 Å². The lowest BCUT2D eigenvalue weighted by Crippen LogP contribution is -2.27. The number of carboxylic acids is 1. The Balaban J connectivity index is 3.55. The molecule has 14 heavy (non-hydrogen) atoms. The molecule has 0 rings (SSSR count). The summed E-state index contributed by atoms with van der Waals surface area (Å²) < 4.78 is 15.1. The van der Waals surface area contributed by atoms with Gasteiger partial charge in [-0.3, -0.25) is 0 Å². The van der Waals surface area contributed by atoms with E-state index in [-0.39, 0.29) is 13.2 Å². The van der Waals surface area contributed by atoms with E-state index in [1.807, 2.05) is 6.92 Å². The van der Waals surface area contributed by atoms with E-state index in [4.69, 9.17) is 25.1 Å². The van der Waals surface area contributed by atoms with Crippen LogP contribution in [0.4, 0.5) is 0 Å². The third kappa shape index (κ3) is 7.93. The lowest BCUT2D eigenvalue weighted by molar-refractivity contribution is -0.173. The third-order valence-corrected chi connectivity index (χ3v) is 1.25. The highest BCUT2D eigenvalue weighted by atomic mass is 16.7. The lowest BCUT2D eigenvalue weighted by atomic mass is 10.6. The van der Waals surface area contributed by atoms with E-state index < -0.39 is 12.3 Å². The van der Waals surface area contributed by atoms with Crippen molar-refractivity contribution in [3.05, 3.63) is 0 Å². The van der Waals surface area contributed by atoms with Crippen LogP contribution in [0.2, 0.25) is 0 Å². The number of carbonyl (C=O) groups is 1. The molecule has 0 saturated carbocycles. The van der Waals surface area contributed by atoms with Crippen LogP contribution < -0.4 is 5.73 Å². The molecule has 0 aromatic rings. The maximum atomic E-state index is 10.1. The second-order valence-corrected chi connectivity index (χ2v) is 2.45. The molecule has 1 unspecified atom stereocenters. The fourth-order valence-electron chi connectivity index (χ4n) is 0.772. The Morgan fingerprint density at radius 2 is 2.21 bits per heavy atom. The third-order valence-electron chi connectivity index (χ3n) is 1.25. The van der Waals surface area contributed by atoms with Crippen molar-refractivity contribution in [2.45, 2.75) is 13.2 Å². The van der Waals surface area contributed by atoms with Crippen LogP contribution in [0, 0.1) is 0 Å². The molecule has 0 amide bonds. The van der Waals surface area contributed by atoms with Gasteiger partial charge in [0.1, 0.15) is 6.61 Å². The number of rotatable bonds is 9. The molecular weight excluding hydrogens is 190 g/mol. The van der Waals surface area contributed by atoms with Gasteiger partial charge < -0.3 is 25.1 Å². The first kappa shape index (κ1) is 13.3. The highest BCUT2D eigenvalue weighted by Crippen LogP contribution is 1.95. The Kier molecular flexibility index (Phi) is 8.45. The SMILES string of the molecule is CCOC(COCC(=O)O)OCCN. The maximum Gasteiger partial charge on any atom is 0.329 e. The van der Waals surface area contributed by atoms with Gasteiger partial charge in [0.05, 0.1) is 13.2 Å². The number of ether oxygens (including phenoxy) is 3. The van der Waals surface area contributed by atoms with Gasteiger partial charge in [0, 0.05) is 13.2 Å². The average molecular weight is 207 g/mol. The van der Waals surface area contributed by atoms with Crippen molar-refractivity contribution >= 4 is 5.97 Å². The van der Waals surface area contributed by atoms with Crippen molar-refractivity contribution in [2.24, 2.45) is 5.73 Å². The molecule has 3 N–H and O–H groups in total. The average Bonchev–Trinajstić information content (AvgIpc) is 2.13. The maximum absolute atomic E-state index is 10.1. The first-order valence-corrected chi connectivity index (χ1v) is 4.43. The number of aliphatic carboxylic acids is 1. The van der Waals surface area contributed by atoms with Crippen molar-refractivity contribution < 1.29 is 24.1 Å². The van der Waals surface area contributed by atoms with Gasteiger partial charge >= 0.3 is 5.97 Å². The first-order chi connectivity index (χ1) is 6.70. The molecule has 6 nitrogen and oxygen atoms in total. The van der Waals surface area contributed by atoms with Crippen LogP contribution >= 0.6 is 0 Å². The molecule has 1 atom stereocenters. The molecule has 0 heterocycles. The zero-order valence-corrected chi connectivity index (χ0v) is 8.27. The normalized spacial score (nSPS) is 12.7. The van der Waals surface area contributed by atoms with E-state index in [1.165, 1.54) is 0 Å². The quantitative estimate of drug-likeness (QED) is 0.492. The van der Waals surface area contributed by atoms with Crippen molar-refractivity contribution in [2.75, 3.05) is 33.0 Å². The van der Waals surface area contributed by atoms with Crippen molar-refractivity contribution in [1.29, 1.82) is 0 Å². The second-order valence-electron chi connectivity index (χ2n) is 2.45. The minimum Gasteiger partial charge on any atom is -0.480 e. The first-order valence-electron chi connectivity index (χ1n) is 4.43. The van der Waals surface area contributed by atoms with E-state index in [2.05, 4.69) is 0 Å². The Hall–Kier alpha value is -0.690. The van der Waals surface area contributed by atoms with Crippen LogP contribution in [0.1, 0.15) is 6.92 Å². The zero-order valence-electron chi connectivity index (χ0n) is 8.27. The predicted molar refractivity (Wildman–Crippen MR) is 48.9 cm³/mol. The van der Waals surface area contributed by atoms with Crippen LogP contribution in [-0.2, 0) is 19.0 Å². The summed E-state index contributed by atoms with van der Waals surface area (Å²) in [4.78, 5) is 10.1. The highest BCUT2D eigenvalue weighted by Gasteiger charge is 2.09. The van der Waals surface area contributed by atoms with Gasteiger partial charge in [-0.05, 0) is 6.92 Å². The van der Waals surface area contributed by atoms with Crippen LogP contribution in [0.3, 0.4) is 0 Å². The standard InChI is InChI=1S/C8H17NO5/c1-2-13-8(14-4-3-9)6-12-5-7(10)11/h8H,2-6,9H2,1H3,(H,10,11). The van der Waals surface area contributed by atoms with Gasteiger partial charge in [-0.1, -0.05) is 0 Å². The summed E-state index contributed by atoms with van der Waals surface area (Å²) in [5.74, 6) is -1.01. The number of carboxylic acid groups (broad SMARTS) is 1. The summed E-state index contributed by atoms with van der Waals surface area (Å²) in [6.45, 7) is 2.79. The van der Waals surface area contributed by atoms with E-state index in [0.29, 0.717) is 19.8 Å². The van der Waals surface area contributed by atoms with Gasteiger partial charge in [-0.2, -0.15) is 0 Å². The molecule has 0 radical (unpaired) electrons. The zero-order chi connectivity index (χ0) is 10.8. The van der Waals surface area contributed by atoms with Gasteiger partial charge in [-0.25, -0.2) is 4.79 Å². The fourth-order valence-corrected chi connectivity index (χ4v) is 0.772. The molecule has 6 heteroatoms. The summed E-state index contributed by atoms with van der Waals surface area (Å²) in [6.07, 6.45) is -0.539. The topological polar surface area (TPSA) is 91.0 Å². The van der Waals surface area contributed by atoms with Crippen molar-refractivity contribution in [1.82, 2.24) is 0 Å². The highest BCUT2D eigenvalue weighted by molar-refractivity contribution is 5.67. The van der Waals surface area contributed by atoms with Gasteiger partial charge in [0.2, 0.25) is 0 Å². The van der Waals surface area contributed by atoms with Gasteiger partial charge in [-0.15, -0.1) is 0 Å². The molecule has 0 bridgehead atoms. The van der Waals surface area contributed by atoms with E-state index in [9.17, 15) is 4.79 Å². The molecule has 0 aromatic carbocycles. The van der Waals surface area contributed by atoms with E-state index >= 15 is 0 Å². The molecule has 0 aliphatic rings. The number of nitrogens with two attached hydrogens (primary N) is 1. The number of hydrogen-bond acceptors (Lipinski definition) is 5. The molecule has 0 aliphatic carbocycles. The summed E-state index contributed by atoms with van der Waals surface area (Å²) in [6, 6.07) is 0. The van der Waals surface area contributed by atoms with Crippen LogP contribution in [0.25, 0.3) is 0 Å². The predicted octanol–water partition coefficient (Wildman–Crippen LogP) is -0.574. The monoisotopic (exact) mass is 207 g/mol. The van der Waals surface area contributed by atoms with Crippen LogP contribution in [-0.4, -0.2) is 50.3 Å². The lowest BCUT2D eigenvalue weighted by Gasteiger charge is -2.16. The molecule has 0 fully saturated rings.